The second kappa shape index (κ2) is 4.97. The van der Waals surface area contributed by atoms with Crippen LogP contribution in [0.1, 0.15) is 10.4 Å². The molecule has 0 heterocycles. The number of aliphatic hydroxyl groups is 1. The molecule has 0 radical (unpaired) electrons. The summed E-state index contributed by atoms with van der Waals surface area (Å²) < 4.78 is 5.69. The second-order valence-electron chi connectivity index (χ2n) is 2.52. The number of carboxylic acid groups (broad SMARTS) is 1. The first-order chi connectivity index (χ1) is 6.65. The third-order valence-electron chi connectivity index (χ3n) is 1.53. The summed E-state index contributed by atoms with van der Waals surface area (Å²) in [5.74, 6) is -0.469. The Morgan fingerprint density at radius 1 is 1.50 bits per heavy atom. The van der Waals surface area contributed by atoms with Gasteiger partial charge in [0.15, 0.2) is 0 Å². The van der Waals surface area contributed by atoms with E-state index in [2.05, 4.69) is 15.9 Å². The molecular weight excluding hydrogens is 252 g/mol. The highest BCUT2D eigenvalue weighted by Crippen LogP contribution is 2.25. The van der Waals surface area contributed by atoms with E-state index in [4.69, 9.17) is 14.9 Å². The Bertz CT molecular complexity index is 338. The summed E-state index contributed by atoms with van der Waals surface area (Å²) in [6.07, 6.45) is 0. The van der Waals surface area contributed by atoms with Crippen LogP contribution in [-0.4, -0.2) is 29.4 Å². The molecule has 0 aliphatic carbocycles. The van der Waals surface area contributed by atoms with Crippen molar-refractivity contribution in [2.45, 2.75) is 0 Å². The number of aliphatic hydroxyl groups excluding tert-OH is 1. The maximum atomic E-state index is 10.6. The number of carbonyl (C=O) groups is 1. The molecule has 5 heteroatoms. The molecule has 2 N–H and O–H groups in total. The van der Waals surface area contributed by atoms with E-state index in [9.17, 15) is 4.79 Å². The third kappa shape index (κ3) is 2.71. The van der Waals surface area contributed by atoms with E-state index in [0.29, 0.717) is 10.2 Å². The van der Waals surface area contributed by atoms with Crippen LogP contribution in [0.4, 0.5) is 0 Å². The average molecular weight is 261 g/mol. The van der Waals surface area contributed by atoms with Crippen LogP contribution in [0.25, 0.3) is 0 Å². The molecule has 0 aliphatic heterocycles. The van der Waals surface area contributed by atoms with Crippen molar-refractivity contribution >= 4 is 21.9 Å². The molecule has 0 unspecified atom stereocenters. The molecule has 0 fully saturated rings. The Kier molecular flexibility index (Phi) is 3.91. The smallest absolute Gasteiger partial charge is 0.335 e. The quantitative estimate of drug-likeness (QED) is 0.862. The van der Waals surface area contributed by atoms with Gasteiger partial charge in [0.1, 0.15) is 12.4 Å². The molecule has 0 atom stereocenters. The van der Waals surface area contributed by atoms with Crippen molar-refractivity contribution in [1.29, 1.82) is 0 Å². The van der Waals surface area contributed by atoms with E-state index < -0.39 is 5.97 Å². The van der Waals surface area contributed by atoms with Crippen molar-refractivity contribution < 1.29 is 19.7 Å². The zero-order valence-corrected chi connectivity index (χ0v) is 8.82. The molecule has 0 bridgehead atoms. The lowest BCUT2D eigenvalue weighted by atomic mass is 10.2. The lowest BCUT2D eigenvalue weighted by Crippen LogP contribution is -2.03. The molecule has 0 aliphatic rings. The van der Waals surface area contributed by atoms with Crippen LogP contribution < -0.4 is 4.74 Å². The summed E-state index contributed by atoms with van der Waals surface area (Å²) in [5.41, 5.74) is 0.188. The number of benzene rings is 1. The Morgan fingerprint density at radius 2 is 2.21 bits per heavy atom. The van der Waals surface area contributed by atoms with Crippen molar-refractivity contribution in [2.75, 3.05) is 13.2 Å². The standard InChI is InChI=1S/C9H9BrO4/c10-7-5-6(9(12)13)1-2-8(7)14-4-3-11/h1-2,5,11H,3-4H2,(H,12,13). The summed E-state index contributed by atoms with van der Waals surface area (Å²) in [4.78, 5) is 10.6. The van der Waals surface area contributed by atoms with Crippen molar-refractivity contribution in [3.63, 3.8) is 0 Å². The lowest BCUT2D eigenvalue weighted by Gasteiger charge is -2.06. The van der Waals surface area contributed by atoms with E-state index >= 15 is 0 Å². The van der Waals surface area contributed by atoms with Gasteiger partial charge in [-0.3, -0.25) is 0 Å². The fourth-order valence-corrected chi connectivity index (χ4v) is 1.40. The van der Waals surface area contributed by atoms with E-state index in [1.54, 1.807) is 6.07 Å². The van der Waals surface area contributed by atoms with Crippen LogP contribution in [-0.2, 0) is 0 Å². The molecule has 1 aromatic carbocycles. The van der Waals surface area contributed by atoms with Gasteiger partial charge < -0.3 is 14.9 Å². The minimum atomic E-state index is -0.987. The number of aromatic carboxylic acids is 1. The summed E-state index contributed by atoms with van der Waals surface area (Å²) in [7, 11) is 0. The van der Waals surface area contributed by atoms with Crippen LogP contribution in [0.5, 0.6) is 5.75 Å². The Hall–Kier alpha value is -1.07. The summed E-state index contributed by atoms with van der Waals surface area (Å²) in [6, 6.07) is 4.44. The van der Waals surface area contributed by atoms with Gasteiger partial charge in [-0.25, -0.2) is 4.79 Å². The second-order valence-corrected chi connectivity index (χ2v) is 3.38. The molecule has 0 saturated heterocycles. The first-order valence-electron chi connectivity index (χ1n) is 3.91. The van der Waals surface area contributed by atoms with Crippen molar-refractivity contribution in [3.05, 3.63) is 28.2 Å². The molecule has 1 rings (SSSR count). The maximum Gasteiger partial charge on any atom is 0.335 e. The number of carboxylic acids is 1. The highest BCUT2D eigenvalue weighted by atomic mass is 79.9. The van der Waals surface area contributed by atoms with Crippen LogP contribution in [0.3, 0.4) is 0 Å². The SMILES string of the molecule is O=C(O)c1ccc(OCCO)c(Br)c1. The number of halogens is 1. The molecule has 0 aromatic heterocycles. The van der Waals surface area contributed by atoms with Gasteiger partial charge in [0.25, 0.3) is 0 Å². The molecule has 14 heavy (non-hydrogen) atoms. The molecule has 76 valence electrons. The maximum absolute atomic E-state index is 10.6. The number of ether oxygens (including phenoxy) is 1. The van der Waals surface area contributed by atoms with Gasteiger partial charge in [-0.05, 0) is 34.1 Å². The van der Waals surface area contributed by atoms with Crippen LogP contribution in [0.15, 0.2) is 22.7 Å². The molecule has 0 saturated carbocycles. The fourth-order valence-electron chi connectivity index (χ4n) is 0.907. The predicted molar refractivity (Wildman–Crippen MR) is 53.7 cm³/mol. The first-order valence-corrected chi connectivity index (χ1v) is 4.71. The zero-order valence-electron chi connectivity index (χ0n) is 7.24. The van der Waals surface area contributed by atoms with Gasteiger partial charge in [-0.15, -0.1) is 0 Å². The first kappa shape index (κ1) is 11.0. The van der Waals surface area contributed by atoms with Crippen LogP contribution in [0, 0.1) is 0 Å². The number of hydrogen-bond acceptors (Lipinski definition) is 3. The monoisotopic (exact) mass is 260 g/mol. The van der Waals surface area contributed by atoms with E-state index in [1.165, 1.54) is 12.1 Å². The molecule has 0 spiro atoms. The normalized spacial score (nSPS) is 9.86. The Balaban J connectivity index is 2.84. The fraction of sp³-hybridized carbons (Fsp3) is 0.222. The van der Waals surface area contributed by atoms with Crippen LogP contribution in [0.2, 0.25) is 0 Å². The minimum Gasteiger partial charge on any atom is -0.490 e. The largest absolute Gasteiger partial charge is 0.490 e. The van der Waals surface area contributed by atoms with Crippen molar-refractivity contribution in [2.24, 2.45) is 0 Å². The molecule has 0 amide bonds. The van der Waals surface area contributed by atoms with E-state index in [0.717, 1.165) is 0 Å². The zero-order chi connectivity index (χ0) is 10.6. The molecule has 1 aromatic rings. The van der Waals surface area contributed by atoms with Gasteiger partial charge >= 0.3 is 5.97 Å². The Morgan fingerprint density at radius 3 is 2.71 bits per heavy atom. The van der Waals surface area contributed by atoms with Gasteiger partial charge in [-0.1, -0.05) is 0 Å². The highest BCUT2D eigenvalue weighted by Gasteiger charge is 2.06. The molecule has 4 nitrogen and oxygen atoms in total. The third-order valence-corrected chi connectivity index (χ3v) is 2.15. The predicted octanol–water partition coefficient (Wildman–Crippen LogP) is 1.52. The van der Waals surface area contributed by atoms with Crippen molar-refractivity contribution in [1.82, 2.24) is 0 Å². The van der Waals surface area contributed by atoms with Crippen LogP contribution >= 0.6 is 15.9 Å². The van der Waals surface area contributed by atoms with Gasteiger partial charge in [0.05, 0.1) is 16.6 Å². The topological polar surface area (TPSA) is 66.8 Å². The summed E-state index contributed by atoms with van der Waals surface area (Å²) >= 11 is 3.18. The average Bonchev–Trinajstić information content (AvgIpc) is 2.15. The van der Waals surface area contributed by atoms with Gasteiger partial charge in [0.2, 0.25) is 0 Å². The molecular formula is C9H9BrO4. The number of hydrogen-bond donors (Lipinski definition) is 2. The number of rotatable bonds is 4. The minimum absolute atomic E-state index is 0.0763. The highest BCUT2D eigenvalue weighted by molar-refractivity contribution is 9.10. The van der Waals surface area contributed by atoms with Gasteiger partial charge in [0, 0.05) is 0 Å². The lowest BCUT2D eigenvalue weighted by molar-refractivity contribution is 0.0696. The Labute approximate surface area is 89.3 Å². The van der Waals surface area contributed by atoms with Crippen molar-refractivity contribution in [3.8, 4) is 5.75 Å². The van der Waals surface area contributed by atoms with Gasteiger partial charge in [-0.2, -0.15) is 0 Å². The summed E-state index contributed by atoms with van der Waals surface area (Å²) in [6.45, 7) is 0.109. The summed E-state index contributed by atoms with van der Waals surface area (Å²) in [5, 5.41) is 17.2. The van der Waals surface area contributed by atoms with E-state index in [1.807, 2.05) is 0 Å². The van der Waals surface area contributed by atoms with E-state index in [-0.39, 0.29) is 18.8 Å².